The van der Waals surface area contributed by atoms with Gasteiger partial charge in [0.25, 0.3) is 0 Å². The molecule has 0 spiro atoms. The average molecular weight is 273 g/mol. The number of hydrogen-bond acceptors (Lipinski definition) is 4. The van der Waals surface area contributed by atoms with Crippen LogP contribution in [0.5, 0.6) is 5.88 Å². The van der Waals surface area contributed by atoms with Gasteiger partial charge >= 0.3 is 5.97 Å². The van der Waals surface area contributed by atoms with Gasteiger partial charge in [-0.25, -0.2) is 9.78 Å². The molecule has 0 saturated carbocycles. The van der Waals surface area contributed by atoms with Gasteiger partial charge < -0.3 is 9.47 Å². The Morgan fingerprint density at radius 1 is 1.15 bits per heavy atom. The monoisotopic (exact) mass is 273 g/mol. The lowest BCUT2D eigenvalue weighted by molar-refractivity contribution is 0.0527. The third-order valence-electron chi connectivity index (χ3n) is 3.07. The van der Waals surface area contributed by atoms with Gasteiger partial charge in [-0.3, -0.25) is 0 Å². The third kappa shape index (κ3) is 2.59. The van der Waals surface area contributed by atoms with Crippen LogP contribution in [-0.2, 0) is 4.74 Å². The number of ether oxygens (including phenoxy) is 2. The highest BCUT2D eigenvalue weighted by Gasteiger charge is 2.19. The normalized spacial score (nSPS) is 10.6. The Morgan fingerprint density at radius 2 is 1.90 bits per heavy atom. The summed E-state index contributed by atoms with van der Waals surface area (Å²) in [5.74, 6) is 0.228. The van der Waals surface area contributed by atoms with Crippen LogP contribution in [0.2, 0.25) is 0 Å². The Labute approximate surface area is 118 Å². The third-order valence-corrected chi connectivity index (χ3v) is 3.07. The first-order valence-corrected chi connectivity index (χ1v) is 6.79. The lowest BCUT2D eigenvalue weighted by Gasteiger charge is -2.13. The molecule has 1 aromatic carbocycles. The number of pyridine rings is 1. The van der Waals surface area contributed by atoms with Crippen LogP contribution >= 0.6 is 0 Å². The zero-order valence-corrected chi connectivity index (χ0v) is 12.3. The van der Waals surface area contributed by atoms with Crippen LogP contribution in [0.4, 0.5) is 0 Å². The first-order valence-electron chi connectivity index (χ1n) is 6.79. The first kappa shape index (κ1) is 14.3. The van der Waals surface area contributed by atoms with Gasteiger partial charge in [-0.1, -0.05) is 17.7 Å². The molecule has 4 nitrogen and oxygen atoms in total. The highest BCUT2D eigenvalue weighted by molar-refractivity contribution is 6.06. The standard InChI is InChI=1S/C16H19NO3/c1-5-19-15-13-9-10(3)7-8-12(13)14(11(4)17-15)16(18)20-6-2/h7-9H,5-6H2,1-4H3. The number of benzene rings is 1. The maximum atomic E-state index is 12.1. The fourth-order valence-corrected chi connectivity index (χ4v) is 2.22. The molecule has 1 aromatic heterocycles. The molecule has 2 rings (SSSR count). The molecule has 4 heteroatoms. The number of hydrogen-bond donors (Lipinski definition) is 0. The van der Waals surface area contributed by atoms with Crippen LogP contribution < -0.4 is 4.74 Å². The molecule has 0 bridgehead atoms. The van der Waals surface area contributed by atoms with E-state index in [1.165, 1.54) is 0 Å². The highest BCUT2D eigenvalue weighted by Crippen LogP contribution is 2.30. The minimum absolute atomic E-state index is 0.339. The summed E-state index contributed by atoms with van der Waals surface area (Å²) in [6, 6.07) is 5.88. The maximum Gasteiger partial charge on any atom is 0.340 e. The fraction of sp³-hybridized carbons (Fsp3) is 0.375. The highest BCUT2D eigenvalue weighted by atomic mass is 16.5. The average Bonchev–Trinajstić information content (AvgIpc) is 2.40. The van der Waals surface area contributed by atoms with Crippen LogP contribution in [0.25, 0.3) is 10.8 Å². The number of rotatable bonds is 4. The van der Waals surface area contributed by atoms with Crippen LogP contribution in [-0.4, -0.2) is 24.2 Å². The predicted octanol–water partition coefficient (Wildman–Crippen LogP) is 3.43. The van der Waals surface area contributed by atoms with E-state index in [1.807, 2.05) is 32.0 Å². The molecule has 0 amide bonds. The van der Waals surface area contributed by atoms with E-state index >= 15 is 0 Å². The van der Waals surface area contributed by atoms with Crippen molar-refractivity contribution in [2.75, 3.05) is 13.2 Å². The van der Waals surface area contributed by atoms with Gasteiger partial charge in [-0.05, 0) is 33.8 Å². The van der Waals surface area contributed by atoms with Crippen molar-refractivity contribution < 1.29 is 14.3 Å². The Hall–Kier alpha value is -2.10. The number of carbonyl (C=O) groups is 1. The number of carbonyl (C=O) groups excluding carboxylic acids is 1. The zero-order chi connectivity index (χ0) is 14.7. The number of aryl methyl sites for hydroxylation is 2. The van der Waals surface area contributed by atoms with E-state index in [9.17, 15) is 4.79 Å². The number of aromatic nitrogens is 1. The minimum atomic E-state index is -0.339. The Kier molecular flexibility index (Phi) is 4.23. The van der Waals surface area contributed by atoms with Gasteiger partial charge in [-0.15, -0.1) is 0 Å². The first-order chi connectivity index (χ1) is 9.58. The summed E-state index contributed by atoms with van der Waals surface area (Å²) >= 11 is 0. The minimum Gasteiger partial charge on any atom is -0.478 e. The summed E-state index contributed by atoms with van der Waals surface area (Å²) in [6.45, 7) is 8.39. The molecule has 0 radical (unpaired) electrons. The van der Waals surface area contributed by atoms with E-state index in [-0.39, 0.29) is 5.97 Å². The molecule has 106 valence electrons. The van der Waals surface area contributed by atoms with E-state index in [0.717, 1.165) is 16.3 Å². The number of esters is 1. The van der Waals surface area contributed by atoms with Gasteiger partial charge in [0, 0.05) is 10.8 Å². The lowest BCUT2D eigenvalue weighted by atomic mass is 10.0. The summed E-state index contributed by atoms with van der Waals surface area (Å²) in [4.78, 5) is 16.5. The Bertz CT molecular complexity index is 650. The van der Waals surface area contributed by atoms with E-state index < -0.39 is 0 Å². The van der Waals surface area contributed by atoms with E-state index in [1.54, 1.807) is 13.8 Å². The molecule has 0 aliphatic carbocycles. The largest absolute Gasteiger partial charge is 0.478 e. The second-order valence-corrected chi connectivity index (χ2v) is 4.58. The van der Waals surface area contributed by atoms with Gasteiger partial charge in [-0.2, -0.15) is 0 Å². The molecule has 0 fully saturated rings. The molecule has 2 aromatic rings. The summed E-state index contributed by atoms with van der Waals surface area (Å²) in [5.41, 5.74) is 2.24. The van der Waals surface area contributed by atoms with Crippen LogP contribution in [0.3, 0.4) is 0 Å². The molecule has 0 aliphatic rings. The van der Waals surface area contributed by atoms with Crippen molar-refractivity contribution in [2.24, 2.45) is 0 Å². The molecular weight excluding hydrogens is 254 g/mol. The Morgan fingerprint density at radius 3 is 2.55 bits per heavy atom. The van der Waals surface area contributed by atoms with Crippen molar-refractivity contribution in [3.05, 3.63) is 35.0 Å². The van der Waals surface area contributed by atoms with E-state index in [2.05, 4.69) is 4.98 Å². The van der Waals surface area contributed by atoms with E-state index in [0.29, 0.717) is 30.4 Å². The van der Waals surface area contributed by atoms with Crippen molar-refractivity contribution in [3.63, 3.8) is 0 Å². The molecule has 0 atom stereocenters. The lowest BCUT2D eigenvalue weighted by Crippen LogP contribution is -2.10. The van der Waals surface area contributed by atoms with Crippen molar-refractivity contribution in [3.8, 4) is 5.88 Å². The molecule has 0 saturated heterocycles. The number of fused-ring (bicyclic) bond motifs is 1. The summed E-state index contributed by atoms with van der Waals surface area (Å²) in [6.07, 6.45) is 0. The molecule has 1 heterocycles. The van der Waals surface area contributed by atoms with Crippen molar-refractivity contribution in [1.82, 2.24) is 4.98 Å². The van der Waals surface area contributed by atoms with Gasteiger partial charge in [0.15, 0.2) is 0 Å². The second kappa shape index (κ2) is 5.90. The van der Waals surface area contributed by atoms with Gasteiger partial charge in [0.2, 0.25) is 5.88 Å². The fourth-order valence-electron chi connectivity index (χ4n) is 2.22. The second-order valence-electron chi connectivity index (χ2n) is 4.58. The smallest absolute Gasteiger partial charge is 0.340 e. The molecular formula is C16H19NO3. The van der Waals surface area contributed by atoms with E-state index in [4.69, 9.17) is 9.47 Å². The van der Waals surface area contributed by atoms with Crippen molar-refractivity contribution in [2.45, 2.75) is 27.7 Å². The topological polar surface area (TPSA) is 48.4 Å². The van der Waals surface area contributed by atoms with Crippen LogP contribution in [0.1, 0.15) is 35.5 Å². The Balaban J connectivity index is 2.73. The SMILES string of the molecule is CCOC(=O)c1c(C)nc(OCC)c2cc(C)ccc12. The molecule has 0 unspecified atom stereocenters. The maximum absolute atomic E-state index is 12.1. The number of nitrogens with zero attached hydrogens (tertiary/aromatic N) is 1. The quantitative estimate of drug-likeness (QED) is 0.801. The van der Waals surface area contributed by atoms with Crippen molar-refractivity contribution in [1.29, 1.82) is 0 Å². The predicted molar refractivity (Wildman–Crippen MR) is 78.3 cm³/mol. The summed E-state index contributed by atoms with van der Waals surface area (Å²) < 4.78 is 10.7. The van der Waals surface area contributed by atoms with Gasteiger partial charge in [0.05, 0.1) is 24.5 Å². The molecule has 0 aliphatic heterocycles. The summed E-state index contributed by atoms with van der Waals surface area (Å²) in [5, 5.41) is 1.67. The molecule has 20 heavy (non-hydrogen) atoms. The van der Waals surface area contributed by atoms with Gasteiger partial charge in [0.1, 0.15) is 0 Å². The van der Waals surface area contributed by atoms with Crippen LogP contribution in [0.15, 0.2) is 18.2 Å². The van der Waals surface area contributed by atoms with Crippen LogP contribution in [0, 0.1) is 13.8 Å². The zero-order valence-electron chi connectivity index (χ0n) is 12.3. The summed E-state index contributed by atoms with van der Waals surface area (Å²) in [7, 11) is 0. The molecule has 0 N–H and O–H groups in total. The van der Waals surface area contributed by atoms with Crippen molar-refractivity contribution >= 4 is 16.7 Å².